The molecule has 1 aromatic rings. The predicted molar refractivity (Wildman–Crippen MR) is 70.5 cm³/mol. The average Bonchev–Trinajstić information content (AvgIpc) is 2.48. The number of hydrogen-bond donors (Lipinski definition) is 3. The molecule has 1 amide bonds. The Bertz CT molecular complexity index is 544. The van der Waals surface area contributed by atoms with Crippen LogP contribution in [0.3, 0.4) is 0 Å². The largest absolute Gasteiger partial charge is 0.503 e. The van der Waals surface area contributed by atoms with Crippen molar-refractivity contribution in [2.24, 2.45) is 5.92 Å². The minimum atomic E-state index is -1.70. The van der Waals surface area contributed by atoms with Crippen LogP contribution in [0, 0.1) is 23.4 Å². The summed E-state index contributed by atoms with van der Waals surface area (Å²) in [7, 11) is 0. The molecule has 0 aromatic heterocycles. The Morgan fingerprint density at radius 3 is 2.71 bits per heavy atom. The van der Waals surface area contributed by atoms with Crippen molar-refractivity contribution in [1.29, 1.82) is 0 Å². The number of carbonyl (C=O) groups excluding carboxylic acids is 1. The van der Waals surface area contributed by atoms with E-state index in [4.69, 9.17) is 5.11 Å². The zero-order valence-corrected chi connectivity index (χ0v) is 11.5. The first kappa shape index (κ1) is 15.6. The second-order valence-electron chi connectivity index (χ2n) is 5.35. The molecule has 2 rings (SSSR count). The van der Waals surface area contributed by atoms with Gasteiger partial charge < -0.3 is 15.7 Å². The van der Waals surface area contributed by atoms with E-state index in [-0.39, 0.29) is 5.92 Å². The lowest BCUT2D eigenvalue weighted by Gasteiger charge is -2.27. The van der Waals surface area contributed by atoms with Crippen LogP contribution in [0.5, 0.6) is 5.75 Å². The van der Waals surface area contributed by atoms with Gasteiger partial charge in [0, 0.05) is 12.6 Å². The molecule has 116 valence electrons. The van der Waals surface area contributed by atoms with Crippen molar-refractivity contribution in [3.05, 3.63) is 29.1 Å². The summed E-state index contributed by atoms with van der Waals surface area (Å²) in [5.74, 6) is -6.77. The summed E-state index contributed by atoms with van der Waals surface area (Å²) < 4.78 is 39.6. The molecule has 1 aromatic carbocycles. The van der Waals surface area contributed by atoms with Gasteiger partial charge in [0.15, 0.2) is 17.4 Å². The molecule has 0 spiro atoms. The molecule has 4 nitrogen and oxygen atoms in total. The van der Waals surface area contributed by atoms with Crippen LogP contribution >= 0.6 is 0 Å². The van der Waals surface area contributed by atoms with E-state index in [9.17, 15) is 18.0 Å². The number of benzene rings is 1. The van der Waals surface area contributed by atoms with Crippen LogP contribution in [0.2, 0.25) is 0 Å². The Kier molecular flexibility index (Phi) is 4.72. The van der Waals surface area contributed by atoms with Crippen molar-refractivity contribution in [2.45, 2.75) is 25.8 Å². The molecule has 1 aliphatic heterocycles. The summed E-state index contributed by atoms with van der Waals surface area (Å²) >= 11 is 0. The first-order valence-corrected chi connectivity index (χ1v) is 6.78. The number of rotatable bonds is 3. The van der Waals surface area contributed by atoms with Gasteiger partial charge in [-0.1, -0.05) is 0 Å². The van der Waals surface area contributed by atoms with Gasteiger partial charge in [0.05, 0.1) is 5.56 Å². The third kappa shape index (κ3) is 3.47. The smallest absolute Gasteiger partial charge is 0.254 e. The number of phenols is 1. The molecular weight excluding hydrogens is 285 g/mol. The lowest BCUT2D eigenvalue weighted by atomic mass is 9.95. The maximum atomic E-state index is 13.6. The molecule has 7 heteroatoms. The molecule has 3 N–H and O–H groups in total. The number of phenolic OH excluding ortho intramolecular Hbond substituents is 1. The zero-order chi connectivity index (χ0) is 15.6. The number of nitrogens with one attached hydrogen (secondary N) is 2. The van der Waals surface area contributed by atoms with Gasteiger partial charge in [0.1, 0.15) is 0 Å². The van der Waals surface area contributed by atoms with E-state index < -0.39 is 34.7 Å². The maximum Gasteiger partial charge on any atom is 0.254 e. The molecule has 21 heavy (non-hydrogen) atoms. The molecule has 1 heterocycles. The fourth-order valence-corrected chi connectivity index (χ4v) is 2.32. The summed E-state index contributed by atoms with van der Waals surface area (Å²) in [5.41, 5.74) is -0.705. The Morgan fingerprint density at radius 2 is 2.10 bits per heavy atom. The summed E-state index contributed by atoms with van der Waals surface area (Å²) in [6, 6.07) is 0.874. The summed E-state index contributed by atoms with van der Waals surface area (Å²) in [6.45, 7) is 3.10. The maximum absolute atomic E-state index is 13.6. The van der Waals surface area contributed by atoms with E-state index in [1.807, 2.05) is 0 Å². The first-order valence-electron chi connectivity index (χ1n) is 6.78. The summed E-state index contributed by atoms with van der Waals surface area (Å²) in [5, 5.41) is 14.8. The predicted octanol–water partition coefficient (Wildman–Crippen LogP) is 1.93. The molecule has 0 saturated carbocycles. The first-order chi connectivity index (χ1) is 9.90. The van der Waals surface area contributed by atoms with Gasteiger partial charge in [-0.15, -0.1) is 0 Å². The molecule has 1 aliphatic rings. The quantitative estimate of drug-likeness (QED) is 0.748. The van der Waals surface area contributed by atoms with Crippen LogP contribution in [0.1, 0.15) is 30.1 Å². The Balaban J connectivity index is 2.01. The number of carbonyl (C=O) groups is 1. The van der Waals surface area contributed by atoms with Gasteiger partial charge in [0.2, 0.25) is 5.82 Å². The van der Waals surface area contributed by atoms with E-state index in [1.165, 1.54) is 0 Å². The van der Waals surface area contributed by atoms with Crippen LogP contribution in [0.15, 0.2) is 6.07 Å². The van der Waals surface area contributed by atoms with E-state index in [0.717, 1.165) is 19.4 Å². The Morgan fingerprint density at radius 1 is 1.38 bits per heavy atom. The van der Waals surface area contributed by atoms with Crippen molar-refractivity contribution in [2.75, 3.05) is 13.1 Å². The second kappa shape index (κ2) is 6.34. The standard InChI is InChI=1S/C14H17F3N2O2/c1-7-2-3-8(5-18-7)6-19-14(21)9-4-10(15)12(17)13(20)11(9)16/h4,7-8,18,20H,2-3,5-6H2,1H3,(H,19,21). The van der Waals surface area contributed by atoms with Crippen LogP contribution in [-0.4, -0.2) is 30.1 Å². The molecule has 0 aliphatic carbocycles. The molecule has 1 saturated heterocycles. The molecule has 2 atom stereocenters. The highest BCUT2D eigenvalue weighted by Crippen LogP contribution is 2.25. The van der Waals surface area contributed by atoms with E-state index >= 15 is 0 Å². The third-order valence-corrected chi connectivity index (χ3v) is 3.69. The molecule has 2 unspecified atom stereocenters. The monoisotopic (exact) mass is 302 g/mol. The Labute approximate surface area is 120 Å². The minimum absolute atomic E-state index is 0.201. The number of halogens is 3. The topological polar surface area (TPSA) is 61.4 Å². The van der Waals surface area contributed by atoms with Crippen molar-refractivity contribution >= 4 is 5.91 Å². The SMILES string of the molecule is CC1CCC(CNC(=O)c2cc(F)c(F)c(O)c2F)CN1. The summed E-state index contributed by atoms with van der Waals surface area (Å²) in [4.78, 5) is 11.8. The van der Waals surface area contributed by atoms with Crippen LogP contribution in [-0.2, 0) is 0 Å². The average molecular weight is 302 g/mol. The lowest BCUT2D eigenvalue weighted by molar-refractivity contribution is 0.0938. The van der Waals surface area contributed by atoms with Crippen molar-refractivity contribution in [3.63, 3.8) is 0 Å². The fraction of sp³-hybridized carbons (Fsp3) is 0.500. The normalized spacial score (nSPS) is 22.1. The van der Waals surface area contributed by atoms with Gasteiger partial charge in [-0.2, -0.15) is 4.39 Å². The number of piperidine rings is 1. The third-order valence-electron chi connectivity index (χ3n) is 3.69. The van der Waals surface area contributed by atoms with Gasteiger partial charge in [-0.05, 0) is 38.3 Å². The van der Waals surface area contributed by atoms with Gasteiger partial charge in [-0.25, -0.2) is 8.78 Å². The molecular formula is C14H17F3N2O2. The summed E-state index contributed by atoms with van der Waals surface area (Å²) in [6.07, 6.45) is 1.89. The second-order valence-corrected chi connectivity index (χ2v) is 5.35. The molecule has 0 bridgehead atoms. The number of aromatic hydroxyl groups is 1. The highest BCUT2D eigenvalue weighted by molar-refractivity contribution is 5.94. The Hall–Kier alpha value is -1.76. The van der Waals surface area contributed by atoms with E-state index in [1.54, 1.807) is 0 Å². The van der Waals surface area contributed by atoms with Crippen molar-refractivity contribution in [1.82, 2.24) is 10.6 Å². The minimum Gasteiger partial charge on any atom is -0.503 e. The van der Waals surface area contributed by atoms with Gasteiger partial charge >= 0.3 is 0 Å². The number of hydrogen-bond acceptors (Lipinski definition) is 3. The highest BCUT2D eigenvalue weighted by atomic mass is 19.2. The zero-order valence-electron chi connectivity index (χ0n) is 11.5. The van der Waals surface area contributed by atoms with Crippen molar-refractivity contribution < 1.29 is 23.1 Å². The van der Waals surface area contributed by atoms with Crippen LogP contribution in [0.4, 0.5) is 13.2 Å². The highest BCUT2D eigenvalue weighted by Gasteiger charge is 2.23. The van der Waals surface area contributed by atoms with E-state index in [0.29, 0.717) is 18.7 Å². The van der Waals surface area contributed by atoms with E-state index in [2.05, 4.69) is 17.6 Å². The fourth-order valence-electron chi connectivity index (χ4n) is 2.32. The lowest BCUT2D eigenvalue weighted by Crippen LogP contribution is -2.42. The van der Waals surface area contributed by atoms with Gasteiger partial charge in [0.25, 0.3) is 5.91 Å². The van der Waals surface area contributed by atoms with Crippen LogP contribution < -0.4 is 10.6 Å². The number of amides is 1. The van der Waals surface area contributed by atoms with Gasteiger partial charge in [-0.3, -0.25) is 4.79 Å². The molecule has 0 radical (unpaired) electrons. The molecule has 1 fully saturated rings. The van der Waals surface area contributed by atoms with Crippen molar-refractivity contribution in [3.8, 4) is 5.75 Å². The van der Waals surface area contributed by atoms with Crippen LogP contribution in [0.25, 0.3) is 0 Å².